The fourth-order valence-electron chi connectivity index (χ4n) is 3.19. The number of nitrogens with two attached hydrogens (primary N) is 1. The maximum absolute atomic E-state index is 11.7. The molecular weight excluding hydrogens is 378 g/mol. The molecule has 0 bridgehead atoms. The highest BCUT2D eigenvalue weighted by Gasteiger charge is 2.18. The van der Waals surface area contributed by atoms with E-state index < -0.39 is 0 Å². The van der Waals surface area contributed by atoms with Crippen LogP contribution in [0.3, 0.4) is 0 Å². The molecule has 0 saturated carbocycles. The van der Waals surface area contributed by atoms with Gasteiger partial charge in [-0.2, -0.15) is 0 Å². The summed E-state index contributed by atoms with van der Waals surface area (Å²) in [7, 11) is 3.26. The van der Waals surface area contributed by atoms with Crippen LogP contribution in [0.1, 0.15) is 11.1 Å². The van der Waals surface area contributed by atoms with Crippen molar-refractivity contribution in [1.82, 2.24) is 0 Å². The second-order valence-electron chi connectivity index (χ2n) is 6.78. The number of carbonyl (C=O) groups is 1. The standard InChI is InChI=1S/C25H21NO4/c1-28-20-8-3-16(4-9-20)24-14-19(18-7-12-23(27)22(26)13-18)15-25(30-24)17-5-10-21(29-2)11-6-17/h3-15H,26H2,1-2H3. The van der Waals surface area contributed by atoms with Crippen LogP contribution < -0.4 is 15.2 Å². The van der Waals surface area contributed by atoms with Crippen molar-refractivity contribution in [2.24, 2.45) is 5.73 Å². The molecule has 0 spiro atoms. The van der Waals surface area contributed by atoms with Crippen molar-refractivity contribution in [3.8, 4) is 11.5 Å². The first kappa shape index (κ1) is 19.3. The summed E-state index contributed by atoms with van der Waals surface area (Å²) in [5.74, 6) is 2.72. The van der Waals surface area contributed by atoms with Crippen molar-refractivity contribution in [2.75, 3.05) is 14.2 Å². The molecule has 2 aromatic rings. The lowest BCUT2D eigenvalue weighted by Gasteiger charge is -2.21. The number of hydrogen-bond donors (Lipinski definition) is 1. The molecule has 1 aliphatic heterocycles. The van der Waals surface area contributed by atoms with Crippen molar-refractivity contribution in [2.45, 2.75) is 0 Å². The van der Waals surface area contributed by atoms with Crippen molar-refractivity contribution < 1.29 is 19.0 Å². The Morgan fingerprint density at radius 1 is 0.700 bits per heavy atom. The second-order valence-corrected chi connectivity index (χ2v) is 6.78. The molecular formula is C25H21NO4. The summed E-state index contributed by atoms with van der Waals surface area (Å²) in [5, 5.41) is 0. The Kier molecular flexibility index (Phi) is 5.26. The fraction of sp³-hybridized carbons (Fsp3) is 0.0800. The van der Waals surface area contributed by atoms with E-state index in [1.54, 1.807) is 26.4 Å². The van der Waals surface area contributed by atoms with E-state index >= 15 is 0 Å². The first-order chi connectivity index (χ1) is 14.6. The second kappa shape index (κ2) is 8.17. The van der Waals surface area contributed by atoms with Crippen LogP contribution in [0.2, 0.25) is 0 Å². The lowest BCUT2D eigenvalue weighted by atomic mass is 9.96. The summed E-state index contributed by atoms with van der Waals surface area (Å²) >= 11 is 0. The van der Waals surface area contributed by atoms with Crippen molar-refractivity contribution in [3.05, 3.63) is 107 Å². The monoisotopic (exact) mass is 399 g/mol. The van der Waals surface area contributed by atoms with Gasteiger partial charge >= 0.3 is 0 Å². The van der Waals surface area contributed by atoms with E-state index in [1.807, 2.05) is 60.7 Å². The van der Waals surface area contributed by atoms with E-state index in [0.717, 1.165) is 33.8 Å². The molecule has 30 heavy (non-hydrogen) atoms. The summed E-state index contributed by atoms with van der Waals surface area (Å²) in [6.07, 6.45) is 8.81. The zero-order chi connectivity index (χ0) is 21.1. The molecule has 0 atom stereocenters. The molecule has 5 nitrogen and oxygen atoms in total. The summed E-state index contributed by atoms with van der Waals surface area (Å²) in [4.78, 5) is 11.7. The number of rotatable bonds is 4. The van der Waals surface area contributed by atoms with Crippen LogP contribution in [0.5, 0.6) is 11.5 Å². The van der Waals surface area contributed by atoms with Gasteiger partial charge in [0.15, 0.2) is 0 Å². The predicted molar refractivity (Wildman–Crippen MR) is 116 cm³/mol. The zero-order valence-corrected chi connectivity index (χ0v) is 16.7. The van der Waals surface area contributed by atoms with Crippen LogP contribution in [0, 0.1) is 0 Å². The smallest absolute Gasteiger partial charge is 0.201 e. The predicted octanol–water partition coefficient (Wildman–Crippen LogP) is 4.39. The van der Waals surface area contributed by atoms with Crippen molar-refractivity contribution in [1.29, 1.82) is 0 Å². The minimum absolute atomic E-state index is 0.190. The molecule has 5 heteroatoms. The van der Waals surface area contributed by atoms with E-state index in [-0.39, 0.29) is 11.5 Å². The highest BCUT2D eigenvalue weighted by molar-refractivity contribution is 6.05. The normalized spacial score (nSPS) is 15.8. The third-order valence-corrected chi connectivity index (χ3v) is 4.89. The first-order valence-corrected chi connectivity index (χ1v) is 9.41. The topological polar surface area (TPSA) is 70.8 Å². The summed E-state index contributed by atoms with van der Waals surface area (Å²) < 4.78 is 16.7. The third-order valence-electron chi connectivity index (χ3n) is 4.89. The van der Waals surface area contributed by atoms with Gasteiger partial charge in [-0.15, -0.1) is 0 Å². The molecule has 0 fully saturated rings. The van der Waals surface area contributed by atoms with Crippen LogP contribution in [0.25, 0.3) is 11.5 Å². The Bertz CT molecular complexity index is 1070. The van der Waals surface area contributed by atoms with Crippen LogP contribution in [0.4, 0.5) is 0 Å². The molecule has 2 aliphatic rings. The molecule has 2 N–H and O–H groups in total. The molecule has 1 aliphatic carbocycles. The molecule has 4 rings (SSSR count). The average molecular weight is 399 g/mol. The largest absolute Gasteiger partial charge is 0.497 e. The first-order valence-electron chi connectivity index (χ1n) is 9.41. The Balaban J connectivity index is 1.80. The van der Waals surface area contributed by atoms with Gasteiger partial charge in [-0.25, -0.2) is 0 Å². The maximum Gasteiger partial charge on any atom is 0.201 e. The van der Waals surface area contributed by atoms with Crippen molar-refractivity contribution in [3.63, 3.8) is 0 Å². The van der Waals surface area contributed by atoms with E-state index in [1.165, 1.54) is 6.08 Å². The fourth-order valence-corrected chi connectivity index (χ4v) is 3.19. The van der Waals surface area contributed by atoms with Gasteiger partial charge in [0, 0.05) is 11.1 Å². The molecule has 0 radical (unpaired) electrons. The van der Waals surface area contributed by atoms with Gasteiger partial charge in [-0.05, 0) is 84.0 Å². The Morgan fingerprint density at radius 2 is 1.20 bits per heavy atom. The molecule has 150 valence electrons. The van der Waals surface area contributed by atoms with E-state index in [2.05, 4.69) is 0 Å². The summed E-state index contributed by atoms with van der Waals surface area (Å²) in [6.45, 7) is 0. The highest BCUT2D eigenvalue weighted by atomic mass is 16.5. The highest BCUT2D eigenvalue weighted by Crippen LogP contribution is 2.35. The molecule has 1 heterocycles. The maximum atomic E-state index is 11.7. The minimum Gasteiger partial charge on any atom is -0.497 e. The number of carbonyl (C=O) groups excluding carboxylic acids is 1. The van der Waals surface area contributed by atoms with Crippen LogP contribution in [0.15, 0.2) is 95.8 Å². The van der Waals surface area contributed by atoms with Gasteiger partial charge in [0.25, 0.3) is 0 Å². The zero-order valence-electron chi connectivity index (χ0n) is 16.7. The average Bonchev–Trinajstić information content (AvgIpc) is 2.80. The number of ketones is 1. The Hall–Kier alpha value is -3.99. The Labute approximate surface area is 175 Å². The lowest BCUT2D eigenvalue weighted by Crippen LogP contribution is -2.12. The molecule has 0 amide bonds. The Morgan fingerprint density at radius 3 is 1.63 bits per heavy atom. The number of methoxy groups -OCH3 is 2. The summed E-state index contributed by atoms with van der Waals surface area (Å²) in [5.41, 5.74) is 9.61. The number of benzene rings is 2. The van der Waals surface area contributed by atoms with Crippen LogP contribution >= 0.6 is 0 Å². The van der Waals surface area contributed by atoms with Gasteiger partial charge in [0.05, 0.1) is 19.9 Å². The van der Waals surface area contributed by atoms with E-state index in [0.29, 0.717) is 11.5 Å². The molecule has 0 saturated heterocycles. The molecule has 0 unspecified atom stereocenters. The quantitative estimate of drug-likeness (QED) is 0.825. The van der Waals surface area contributed by atoms with Gasteiger partial charge in [-0.1, -0.05) is 6.08 Å². The third kappa shape index (κ3) is 3.91. The molecule has 2 aromatic carbocycles. The van der Waals surface area contributed by atoms with Gasteiger partial charge in [0.2, 0.25) is 5.78 Å². The number of allylic oxidation sites excluding steroid dienone is 7. The van der Waals surface area contributed by atoms with Gasteiger partial charge in [-0.3, -0.25) is 4.79 Å². The van der Waals surface area contributed by atoms with E-state index in [4.69, 9.17) is 19.9 Å². The lowest BCUT2D eigenvalue weighted by molar-refractivity contribution is -0.111. The number of hydrogen-bond acceptors (Lipinski definition) is 5. The number of ether oxygens (including phenoxy) is 3. The minimum atomic E-state index is -0.190. The van der Waals surface area contributed by atoms with Gasteiger partial charge < -0.3 is 19.9 Å². The van der Waals surface area contributed by atoms with Crippen LogP contribution in [-0.4, -0.2) is 20.0 Å². The van der Waals surface area contributed by atoms with E-state index in [9.17, 15) is 4.79 Å². The van der Waals surface area contributed by atoms with Crippen LogP contribution in [-0.2, 0) is 9.53 Å². The van der Waals surface area contributed by atoms with Gasteiger partial charge in [0.1, 0.15) is 23.0 Å². The van der Waals surface area contributed by atoms with Crippen molar-refractivity contribution >= 4 is 17.3 Å². The SMILES string of the molecule is COc1ccc(C2=CC(=C3C=CC(=O)C(N)=C3)C=C(c3ccc(OC)cc3)O2)cc1. The summed E-state index contributed by atoms with van der Waals surface area (Å²) in [6, 6.07) is 15.3. The molecule has 0 aromatic heterocycles.